The van der Waals surface area contributed by atoms with Crippen molar-refractivity contribution >= 4 is 17.9 Å². The molecule has 0 saturated heterocycles. The maximum absolute atomic E-state index is 12.2. The molecule has 0 fully saturated rings. The maximum atomic E-state index is 12.2. The molecule has 0 saturated carbocycles. The lowest BCUT2D eigenvalue weighted by molar-refractivity contribution is -0.137. The molecule has 0 aliphatic rings. The molecule has 0 aliphatic heterocycles. The van der Waals surface area contributed by atoms with Crippen LogP contribution in [0.25, 0.3) is 0 Å². The monoisotopic (exact) mass is 738 g/mol. The van der Waals surface area contributed by atoms with Crippen LogP contribution in [0, 0.1) is 13.8 Å². The fourth-order valence-electron chi connectivity index (χ4n) is 5.01. The number of aliphatic hydroxyl groups is 1. The molecule has 0 atom stereocenters. The summed E-state index contributed by atoms with van der Waals surface area (Å²) < 4.78 is 27.0. The number of carbonyl (C=O) groups excluding carboxylic acids is 3. The first-order valence-corrected chi connectivity index (χ1v) is 18.7. The van der Waals surface area contributed by atoms with Gasteiger partial charge in [0.05, 0.1) is 30.9 Å². The highest BCUT2D eigenvalue weighted by Gasteiger charge is 2.10. The number of ether oxygens (including phenoxy) is 5. The van der Waals surface area contributed by atoms with Crippen LogP contribution < -0.4 is 18.9 Å². The van der Waals surface area contributed by atoms with Gasteiger partial charge >= 0.3 is 17.9 Å². The van der Waals surface area contributed by atoms with Gasteiger partial charge in [0.2, 0.25) is 0 Å². The predicted octanol–water partition coefficient (Wildman–Crippen LogP) is 9.81. The highest BCUT2D eigenvalue weighted by Crippen LogP contribution is 2.19. The fraction of sp³-hybridized carbons (Fsp3) is 0.356. The van der Waals surface area contributed by atoms with Crippen molar-refractivity contribution in [1.82, 2.24) is 0 Å². The van der Waals surface area contributed by atoms with Crippen molar-refractivity contribution in [3.8, 4) is 23.0 Å². The number of esters is 3. The Morgan fingerprint density at radius 2 is 0.852 bits per heavy atom. The third-order valence-corrected chi connectivity index (χ3v) is 8.18. The first-order chi connectivity index (χ1) is 26.3. The van der Waals surface area contributed by atoms with E-state index in [4.69, 9.17) is 28.8 Å². The second-order valence-corrected chi connectivity index (χ2v) is 12.8. The number of carbonyl (C=O) groups is 3. The van der Waals surface area contributed by atoms with Crippen LogP contribution in [-0.4, -0.2) is 49.4 Å². The van der Waals surface area contributed by atoms with Gasteiger partial charge in [-0.2, -0.15) is 0 Å². The Bertz CT molecular complexity index is 1660. The van der Waals surface area contributed by atoms with Crippen LogP contribution in [0.15, 0.2) is 110 Å². The second-order valence-electron chi connectivity index (χ2n) is 12.8. The average molecular weight is 739 g/mol. The first-order valence-electron chi connectivity index (χ1n) is 18.7. The quantitative estimate of drug-likeness (QED) is 0.0364. The van der Waals surface area contributed by atoms with Gasteiger partial charge in [-0.15, -0.1) is 0 Å². The van der Waals surface area contributed by atoms with Gasteiger partial charge in [-0.1, -0.05) is 67.7 Å². The zero-order chi connectivity index (χ0) is 38.8. The molecule has 0 aliphatic carbocycles. The molecule has 4 rings (SSSR count). The third-order valence-electron chi connectivity index (χ3n) is 8.18. The summed E-state index contributed by atoms with van der Waals surface area (Å²) in [6.07, 6.45) is 11.3. The molecule has 0 heterocycles. The number of aryl methyl sites for hydroxylation is 2. The van der Waals surface area contributed by atoms with Crippen LogP contribution in [0.2, 0.25) is 0 Å². The standard InChI is InChI=1S/C23H26O5.C22H28O4/c1-3-22(24)27-17-7-5-4-6-16-26-20-14-10-19(11-15-20)23(25)28-21-12-8-18(2)9-13-21;1-18-8-12-21(13-9-18)26-22(24)19-10-14-20(15-11-19)25-17-7-5-3-2-4-6-16-23/h3,8-15H,1,4-7,16-17H2,2H3;8-15,23H,2-7,16-17H2,1H3. The first kappa shape index (κ1) is 43.0. The lowest BCUT2D eigenvalue weighted by atomic mass is 10.1. The zero-order valence-corrected chi connectivity index (χ0v) is 31.6. The van der Waals surface area contributed by atoms with Gasteiger partial charge in [0, 0.05) is 12.7 Å². The molecule has 4 aromatic rings. The van der Waals surface area contributed by atoms with E-state index in [0.29, 0.717) is 48.2 Å². The molecule has 4 aromatic carbocycles. The van der Waals surface area contributed by atoms with E-state index in [1.54, 1.807) is 72.8 Å². The van der Waals surface area contributed by atoms with E-state index in [1.807, 2.05) is 38.1 Å². The second kappa shape index (κ2) is 25.5. The summed E-state index contributed by atoms with van der Waals surface area (Å²) >= 11 is 0. The summed E-state index contributed by atoms with van der Waals surface area (Å²) in [7, 11) is 0. The van der Waals surface area contributed by atoms with Crippen molar-refractivity contribution in [3.05, 3.63) is 132 Å². The molecule has 0 spiro atoms. The van der Waals surface area contributed by atoms with Crippen LogP contribution in [0.3, 0.4) is 0 Å². The molecule has 0 aromatic heterocycles. The van der Waals surface area contributed by atoms with Crippen molar-refractivity contribution in [2.24, 2.45) is 0 Å². The summed E-state index contributed by atoms with van der Waals surface area (Å²) in [5.41, 5.74) is 3.21. The van der Waals surface area contributed by atoms with Gasteiger partial charge < -0.3 is 28.8 Å². The smallest absolute Gasteiger partial charge is 0.343 e. The minimum atomic E-state index is -0.396. The van der Waals surface area contributed by atoms with Crippen LogP contribution in [0.1, 0.15) is 96.1 Å². The Morgan fingerprint density at radius 3 is 1.24 bits per heavy atom. The number of hydrogen-bond acceptors (Lipinski definition) is 9. The van der Waals surface area contributed by atoms with Crippen LogP contribution in [0.5, 0.6) is 23.0 Å². The van der Waals surface area contributed by atoms with E-state index in [-0.39, 0.29) is 18.5 Å². The SMILES string of the molecule is C=CC(=O)OCCCCCCOc1ccc(C(=O)Oc2ccc(C)cc2)cc1.Cc1ccc(OC(=O)c2ccc(OCCCCCCCCO)cc2)cc1. The Balaban J connectivity index is 0.000000291. The lowest BCUT2D eigenvalue weighted by Gasteiger charge is -2.08. The Morgan fingerprint density at radius 1 is 0.500 bits per heavy atom. The summed E-state index contributed by atoms with van der Waals surface area (Å²) in [6, 6.07) is 28.7. The molecular formula is C45H54O9. The van der Waals surface area contributed by atoms with Gasteiger partial charge in [-0.25, -0.2) is 14.4 Å². The maximum Gasteiger partial charge on any atom is 0.343 e. The number of rotatable bonds is 22. The average Bonchev–Trinajstić information content (AvgIpc) is 3.19. The van der Waals surface area contributed by atoms with Gasteiger partial charge in [0.1, 0.15) is 23.0 Å². The van der Waals surface area contributed by atoms with Gasteiger partial charge in [0.25, 0.3) is 0 Å². The summed E-state index contributed by atoms with van der Waals surface area (Å²) in [5, 5.41) is 8.72. The summed E-state index contributed by atoms with van der Waals surface area (Å²) in [6.45, 7) is 9.30. The topological polar surface area (TPSA) is 118 Å². The Hall–Kier alpha value is -5.41. The lowest BCUT2D eigenvalue weighted by Crippen LogP contribution is -2.08. The van der Waals surface area contributed by atoms with Gasteiger partial charge in [0.15, 0.2) is 0 Å². The van der Waals surface area contributed by atoms with E-state index in [9.17, 15) is 14.4 Å². The number of aliphatic hydroxyl groups excluding tert-OH is 1. The minimum Gasteiger partial charge on any atom is -0.494 e. The molecule has 54 heavy (non-hydrogen) atoms. The molecule has 9 nitrogen and oxygen atoms in total. The number of hydrogen-bond donors (Lipinski definition) is 1. The third kappa shape index (κ3) is 17.9. The number of unbranched alkanes of at least 4 members (excludes halogenated alkanes) is 8. The molecule has 1 N–H and O–H groups in total. The van der Waals surface area contributed by atoms with Crippen molar-refractivity contribution < 1.29 is 43.2 Å². The van der Waals surface area contributed by atoms with E-state index >= 15 is 0 Å². The number of benzene rings is 4. The van der Waals surface area contributed by atoms with E-state index < -0.39 is 5.97 Å². The highest BCUT2D eigenvalue weighted by atomic mass is 16.5. The van der Waals surface area contributed by atoms with Crippen LogP contribution in [0.4, 0.5) is 0 Å². The van der Waals surface area contributed by atoms with Crippen molar-refractivity contribution in [2.75, 3.05) is 26.4 Å². The molecule has 0 amide bonds. The van der Waals surface area contributed by atoms with E-state index in [2.05, 4.69) is 6.58 Å². The molecule has 0 unspecified atom stereocenters. The largest absolute Gasteiger partial charge is 0.494 e. The highest BCUT2D eigenvalue weighted by molar-refractivity contribution is 5.91. The van der Waals surface area contributed by atoms with E-state index in [1.165, 1.54) is 18.9 Å². The summed E-state index contributed by atoms with van der Waals surface area (Å²) in [4.78, 5) is 35.2. The summed E-state index contributed by atoms with van der Waals surface area (Å²) in [5.74, 6) is 1.39. The van der Waals surface area contributed by atoms with Gasteiger partial charge in [-0.05, 0) is 125 Å². The fourth-order valence-corrected chi connectivity index (χ4v) is 5.01. The predicted molar refractivity (Wildman–Crippen MR) is 211 cm³/mol. The van der Waals surface area contributed by atoms with E-state index in [0.717, 1.165) is 68.2 Å². The molecule has 9 heteroatoms. The van der Waals surface area contributed by atoms with Crippen molar-refractivity contribution in [3.63, 3.8) is 0 Å². The molecule has 0 radical (unpaired) electrons. The normalized spacial score (nSPS) is 10.4. The van der Waals surface area contributed by atoms with Crippen LogP contribution >= 0.6 is 0 Å². The molecule has 0 bridgehead atoms. The molecule has 288 valence electrons. The zero-order valence-electron chi connectivity index (χ0n) is 31.6. The Kier molecular flexibility index (Phi) is 20.3. The molecular weight excluding hydrogens is 684 g/mol. The Labute approximate surface area is 319 Å². The van der Waals surface area contributed by atoms with Gasteiger partial charge in [-0.3, -0.25) is 0 Å². The minimum absolute atomic E-state index is 0.289. The van der Waals surface area contributed by atoms with Crippen molar-refractivity contribution in [2.45, 2.75) is 78.1 Å². The van der Waals surface area contributed by atoms with Crippen LogP contribution in [-0.2, 0) is 9.53 Å². The van der Waals surface area contributed by atoms with Crippen molar-refractivity contribution in [1.29, 1.82) is 0 Å².